The number of carbonyl (C=O) groups excluding carboxylic acids is 1. The van der Waals surface area contributed by atoms with Crippen LogP contribution in [0, 0.1) is 5.82 Å². The molecule has 1 aliphatic rings. The van der Waals surface area contributed by atoms with Gasteiger partial charge in [0.2, 0.25) is 5.91 Å². The molecule has 2 aromatic rings. The van der Waals surface area contributed by atoms with Crippen LogP contribution in [0.2, 0.25) is 0 Å². The fraction of sp³-hybridized carbons (Fsp3) is 0.350. The van der Waals surface area contributed by atoms with E-state index in [9.17, 15) is 9.18 Å². The van der Waals surface area contributed by atoms with E-state index in [-0.39, 0.29) is 24.8 Å². The molecule has 1 N–H and O–H groups in total. The molecule has 0 saturated carbocycles. The van der Waals surface area contributed by atoms with Gasteiger partial charge < -0.3 is 19.9 Å². The van der Waals surface area contributed by atoms with Crippen LogP contribution in [-0.4, -0.2) is 50.6 Å². The van der Waals surface area contributed by atoms with E-state index in [1.54, 1.807) is 12.1 Å². The second-order valence-electron chi connectivity index (χ2n) is 6.44. The Hall–Kier alpha value is -2.60. The Kier molecular flexibility index (Phi) is 6.07. The van der Waals surface area contributed by atoms with Crippen molar-refractivity contribution in [2.45, 2.75) is 6.42 Å². The quantitative estimate of drug-likeness (QED) is 0.863. The fourth-order valence-corrected chi connectivity index (χ4v) is 2.84. The van der Waals surface area contributed by atoms with E-state index in [1.165, 1.54) is 17.8 Å². The highest BCUT2D eigenvalue weighted by atomic mass is 19.1. The van der Waals surface area contributed by atoms with Crippen molar-refractivity contribution in [3.05, 3.63) is 54.3 Å². The summed E-state index contributed by atoms with van der Waals surface area (Å²) in [5.74, 6) is 0.130. The predicted octanol–water partition coefficient (Wildman–Crippen LogP) is 2.99. The molecule has 26 heavy (non-hydrogen) atoms. The van der Waals surface area contributed by atoms with Crippen LogP contribution in [0.4, 0.5) is 15.8 Å². The molecule has 0 spiro atoms. The van der Waals surface area contributed by atoms with Crippen molar-refractivity contribution in [2.24, 2.45) is 0 Å². The number of carbonyl (C=O) groups is 1. The first-order valence-corrected chi connectivity index (χ1v) is 8.82. The van der Waals surface area contributed by atoms with E-state index in [0.29, 0.717) is 5.75 Å². The maximum absolute atomic E-state index is 12.8. The van der Waals surface area contributed by atoms with Crippen molar-refractivity contribution in [1.82, 2.24) is 4.90 Å². The minimum atomic E-state index is -0.310. The lowest BCUT2D eigenvalue weighted by molar-refractivity contribution is -0.116. The first-order chi connectivity index (χ1) is 12.6. The SMILES string of the molecule is CN1CCN(c2ccc(NC(=O)CCOc3ccc(F)cc3)cc2)CC1. The Morgan fingerprint density at radius 1 is 1.04 bits per heavy atom. The molecule has 1 fully saturated rings. The second kappa shape index (κ2) is 8.67. The highest BCUT2D eigenvalue weighted by molar-refractivity contribution is 5.90. The average molecular weight is 357 g/mol. The number of amides is 1. The zero-order valence-corrected chi connectivity index (χ0v) is 15.0. The third-order valence-electron chi connectivity index (χ3n) is 4.43. The number of anilines is 2. The molecule has 1 saturated heterocycles. The smallest absolute Gasteiger partial charge is 0.227 e. The molecule has 0 atom stereocenters. The molecular formula is C20H24FN3O2. The molecule has 5 nitrogen and oxygen atoms in total. The zero-order valence-electron chi connectivity index (χ0n) is 15.0. The molecule has 0 aliphatic carbocycles. The van der Waals surface area contributed by atoms with Gasteiger partial charge in [-0.25, -0.2) is 4.39 Å². The van der Waals surface area contributed by atoms with Crippen molar-refractivity contribution in [3.8, 4) is 5.75 Å². The van der Waals surface area contributed by atoms with Gasteiger partial charge in [-0.1, -0.05) is 0 Å². The fourth-order valence-electron chi connectivity index (χ4n) is 2.84. The van der Waals surface area contributed by atoms with Gasteiger partial charge in [0, 0.05) is 37.6 Å². The Morgan fingerprint density at radius 2 is 1.69 bits per heavy atom. The monoisotopic (exact) mass is 357 g/mol. The summed E-state index contributed by atoms with van der Waals surface area (Å²) in [4.78, 5) is 16.7. The maximum Gasteiger partial charge on any atom is 0.227 e. The summed E-state index contributed by atoms with van der Waals surface area (Å²) in [5, 5.41) is 2.87. The van der Waals surface area contributed by atoms with Crippen molar-refractivity contribution in [2.75, 3.05) is 50.1 Å². The van der Waals surface area contributed by atoms with Gasteiger partial charge in [-0.15, -0.1) is 0 Å². The number of piperazine rings is 1. The second-order valence-corrected chi connectivity index (χ2v) is 6.44. The van der Waals surface area contributed by atoms with E-state index in [2.05, 4.69) is 22.2 Å². The van der Waals surface area contributed by atoms with Crippen molar-refractivity contribution < 1.29 is 13.9 Å². The van der Waals surface area contributed by atoms with Crippen molar-refractivity contribution in [1.29, 1.82) is 0 Å². The first-order valence-electron chi connectivity index (χ1n) is 8.82. The molecule has 138 valence electrons. The minimum Gasteiger partial charge on any atom is -0.493 e. The van der Waals surface area contributed by atoms with Gasteiger partial charge >= 0.3 is 0 Å². The van der Waals surface area contributed by atoms with Crippen LogP contribution in [0.3, 0.4) is 0 Å². The molecule has 1 aliphatic heterocycles. The molecule has 0 bridgehead atoms. The molecule has 2 aromatic carbocycles. The van der Waals surface area contributed by atoms with Gasteiger partial charge in [0.15, 0.2) is 0 Å². The molecule has 6 heteroatoms. The Morgan fingerprint density at radius 3 is 2.35 bits per heavy atom. The number of ether oxygens (including phenoxy) is 1. The normalized spacial score (nSPS) is 14.9. The summed E-state index contributed by atoms with van der Waals surface area (Å²) in [6, 6.07) is 13.7. The van der Waals surface area contributed by atoms with Crippen molar-refractivity contribution >= 4 is 17.3 Å². The predicted molar refractivity (Wildman–Crippen MR) is 101 cm³/mol. The molecular weight excluding hydrogens is 333 g/mol. The zero-order chi connectivity index (χ0) is 18.4. The Bertz CT molecular complexity index is 711. The average Bonchev–Trinajstić information content (AvgIpc) is 2.65. The number of benzene rings is 2. The highest BCUT2D eigenvalue weighted by Gasteiger charge is 2.14. The summed E-state index contributed by atoms with van der Waals surface area (Å²) in [6.45, 7) is 4.40. The third kappa shape index (κ3) is 5.20. The summed E-state index contributed by atoms with van der Waals surface area (Å²) in [7, 11) is 2.13. The third-order valence-corrected chi connectivity index (χ3v) is 4.43. The number of hydrogen-bond acceptors (Lipinski definition) is 4. The first kappa shape index (κ1) is 18.2. The topological polar surface area (TPSA) is 44.8 Å². The lowest BCUT2D eigenvalue weighted by Gasteiger charge is -2.34. The van der Waals surface area contributed by atoms with Gasteiger partial charge in [-0.3, -0.25) is 4.79 Å². The Balaban J connectivity index is 1.43. The van der Waals surface area contributed by atoms with Gasteiger partial charge in [-0.05, 0) is 55.6 Å². The van der Waals surface area contributed by atoms with Crippen LogP contribution in [0.1, 0.15) is 6.42 Å². The number of rotatable bonds is 6. The van der Waals surface area contributed by atoms with Crippen molar-refractivity contribution in [3.63, 3.8) is 0 Å². The highest BCUT2D eigenvalue weighted by Crippen LogP contribution is 2.19. The number of nitrogens with one attached hydrogen (secondary N) is 1. The van der Waals surface area contributed by atoms with Crippen LogP contribution in [0.5, 0.6) is 5.75 Å². The standard InChI is InChI=1S/C20H24FN3O2/c1-23-11-13-24(14-12-23)18-6-4-17(5-7-18)22-20(25)10-15-26-19-8-2-16(21)3-9-19/h2-9H,10-15H2,1H3,(H,22,25). The van der Waals surface area contributed by atoms with Crippen LogP contribution in [0.25, 0.3) is 0 Å². The number of hydrogen-bond donors (Lipinski definition) is 1. The molecule has 1 amide bonds. The summed E-state index contributed by atoms with van der Waals surface area (Å²) in [6.07, 6.45) is 0.234. The molecule has 0 aromatic heterocycles. The van der Waals surface area contributed by atoms with E-state index in [0.717, 1.165) is 31.9 Å². The van der Waals surface area contributed by atoms with E-state index in [1.807, 2.05) is 24.3 Å². The minimum absolute atomic E-state index is 0.112. The van der Waals surface area contributed by atoms with Gasteiger partial charge in [0.05, 0.1) is 13.0 Å². The lowest BCUT2D eigenvalue weighted by Crippen LogP contribution is -2.44. The van der Waals surface area contributed by atoms with Gasteiger partial charge in [-0.2, -0.15) is 0 Å². The van der Waals surface area contributed by atoms with E-state index >= 15 is 0 Å². The van der Waals surface area contributed by atoms with E-state index in [4.69, 9.17) is 4.74 Å². The van der Waals surface area contributed by atoms with Crippen LogP contribution >= 0.6 is 0 Å². The molecule has 0 radical (unpaired) electrons. The largest absolute Gasteiger partial charge is 0.493 e. The Labute approximate surface area is 153 Å². The van der Waals surface area contributed by atoms with E-state index < -0.39 is 0 Å². The van der Waals surface area contributed by atoms with Crippen LogP contribution in [-0.2, 0) is 4.79 Å². The van der Waals surface area contributed by atoms with Gasteiger partial charge in [0.25, 0.3) is 0 Å². The maximum atomic E-state index is 12.8. The number of nitrogens with zero attached hydrogens (tertiary/aromatic N) is 2. The lowest BCUT2D eigenvalue weighted by atomic mass is 10.2. The van der Waals surface area contributed by atoms with Crippen LogP contribution < -0.4 is 15.0 Å². The number of halogens is 1. The molecule has 3 rings (SSSR count). The summed E-state index contributed by atoms with van der Waals surface area (Å²) in [5.41, 5.74) is 1.95. The van der Waals surface area contributed by atoms with Gasteiger partial charge in [0.1, 0.15) is 11.6 Å². The molecule has 1 heterocycles. The number of likely N-dealkylation sites (N-methyl/N-ethyl adjacent to an activating group) is 1. The summed E-state index contributed by atoms with van der Waals surface area (Å²) >= 11 is 0. The van der Waals surface area contributed by atoms with Crippen LogP contribution in [0.15, 0.2) is 48.5 Å². The summed E-state index contributed by atoms with van der Waals surface area (Å²) < 4.78 is 18.3. The molecule has 0 unspecified atom stereocenters.